The Kier molecular flexibility index (Phi) is 2.49. The molecule has 0 aromatic carbocycles. The molecule has 0 unspecified atom stereocenters. The maximum absolute atomic E-state index is 4.01. The van der Waals surface area contributed by atoms with Gasteiger partial charge < -0.3 is 4.98 Å². The van der Waals surface area contributed by atoms with E-state index in [4.69, 9.17) is 0 Å². The monoisotopic (exact) mass is 134 g/mol. The van der Waals surface area contributed by atoms with Gasteiger partial charge in [-0.3, -0.25) is 0 Å². The molecule has 10 heavy (non-hydrogen) atoms. The zero-order valence-electron chi connectivity index (χ0n) is 5.75. The molecule has 0 aliphatic rings. The van der Waals surface area contributed by atoms with Gasteiger partial charge in [0.1, 0.15) is 5.82 Å². The normalized spacial score (nSPS) is 10.4. The van der Waals surface area contributed by atoms with Crippen LogP contribution in [0, 0.1) is 0 Å². The van der Waals surface area contributed by atoms with Crippen molar-refractivity contribution in [3.63, 3.8) is 0 Å². The molecule has 0 fully saturated rings. The molecule has 2 nitrogen and oxygen atoms in total. The van der Waals surface area contributed by atoms with Crippen LogP contribution in [-0.2, 0) is 0 Å². The van der Waals surface area contributed by atoms with Crippen LogP contribution < -0.4 is 0 Å². The standard InChI is InChI=1S/C8H10N2/c1-2-3-4-5-8-9-6-7-10-8/h2,4-7H,1,3H2,(H,9,10). The number of nitrogens with zero attached hydrogens (tertiary/aromatic N) is 1. The highest BCUT2D eigenvalue weighted by atomic mass is 14.9. The average molecular weight is 134 g/mol. The summed E-state index contributed by atoms with van der Waals surface area (Å²) in [5.74, 6) is 0.891. The predicted molar refractivity (Wildman–Crippen MR) is 42.4 cm³/mol. The van der Waals surface area contributed by atoms with E-state index in [1.807, 2.05) is 18.2 Å². The van der Waals surface area contributed by atoms with Crippen LogP contribution in [0.15, 0.2) is 31.1 Å². The summed E-state index contributed by atoms with van der Waals surface area (Å²) < 4.78 is 0. The molecule has 0 aliphatic carbocycles. The number of imidazole rings is 1. The van der Waals surface area contributed by atoms with Crippen molar-refractivity contribution in [3.05, 3.63) is 36.9 Å². The lowest BCUT2D eigenvalue weighted by atomic mass is 10.4. The molecule has 0 radical (unpaired) electrons. The Morgan fingerprint density at radius 2 is 2.60 bits per heavy atom. The van der Waals surface area contributed by atoms with E-state index >= 15 is 0 Å². The minimum absolute atomic E-state index is 0.890. The molecule has 1 heterocycles. The Morgan fingerprint density at radius 3 is 3.20 bits per heavy atom. The van der Waals surface area contributed by atoms with Crippen LogP contribution in [0.1, 0.15) is 12.2 Å². The van der Waals surface area contributed by atoms with Crippen LogP contribution >= 0.6 is 0 Å². The van der Waals surface area contributed by atoms with Crippen molar-refractivity contribution in [2.75, 3.05) is 0 Å². The summed E-state index contributed by atoms with van der Waals surface area (Å²) in [5.41, 5.74) is 0. The lowest BCUT2D eigenvalue weighted by Gasteiger charge is -1.80. The van der Waals surface area contributed by atoms with Crippen LogP contribution in [0.25, 0.3) is 6.08 Å². The summed E-state index contributed by atoms with van der Waals surface area (Å²) in [6.45, 7) is 3.60. The molecule has 52 valence electrons. The van der Waals surface area contributed by atoms with Gasteiger partial charge in [-0.1, -0.05) is 12.2 Å². The van der Waals surface area contributed by atoms with Crippen molar-refractivity contribution in [3.8, 4) is 0 Å². The average Bonchev–Trinajstić information content (AvgIpc) is 2.41. The molecule has 1 rings (SSSR count). The summed E-state index contributed by atoms with van der Waals surface area (Å²) in [6.07, 6.45) is 10.2. The first-order valence-corrected chi connectivity index (χ1v) is 3.20. The third-order valence-electron chi connectivity index (χ3n) is 1.10. The number of nitrogens with one attached hydrogen (secondary N) is 1. The Bertz CT molecular complexity index is 209. The second kappa shape index (κ2) is 3.67. The zero-order valence-corrected chi connectivity index (χ0v) is 5.75. The summed E-state index contributed by atoms with van der Waals surface area (Å²) in [5, 5.41) is 0. The van der Waals surface area contributed by atoms with E-state index < -0.39 is 0 Å². The van der Waals surface area contributed by atoms with Gasteiger partial charge in [-0.2, -0.15) is 0 Å². The first-order chi connectivity index (χ1) is 4.93. The van der Waals surface area contributed by atoms with Crippen LogP contribution in [0.4, 0.5) is 0 Å². The number of hydrogen-bond acceptors (Lipinski definition) is 1. The molecule has 2 heteroatoms. The van der Waals surface area contributed by atoms with Gasteiger partial charge in [-0.05, 0) is 12.5 Å². The molecule has 0 aliphatic heterocycles. The second-order valence-corrected chi connectivity index (χ2v) is 1.90. The summed E-state index contributed by atoms with van der Waals surface area (Å²) in [7, 11) is 0. The number of hydrogen-bond donors (Lipinski definition) is 1. The Morgan fingerprint density at radius 1 is 1.70 bits per heavy atom. The maximum Gasteiger partial charge on any atom is 0.129 e. The largest absolute Gasteiger partial charge is 0.345 e. The Hall–Kier alpha value is -1.31. The highest BCUT2D eigenvalue weighted by Gasteiger charge is 1.82. The number of allylic oxidation sites excluding steroid dienone is 2. The van der Waals surface area contributed by atoms with Crippen molar-refractivity contribution in [1.82, 2.24) is 9.97 Å². The van der Waals surface area contributed by atoms with Crippen LogP contribution in [0.3, 0.4) is 0 Å². The van der Waals surface area contributed by atoms with Crippen molar-refractivity contribution in [2.24, 2.45) is 0 Å². The van der Waals surface area contributed by atoms with Crippen molar-refractivity contribution < 1.29 is 0 Å². The van der Waals surface area contributed by atoms with Gasteiger partial charge in [0.05, 0.1) is 0 Å². The first kappa shape index (κ1) is 6.81. The fourth-order valence-corrected chi connectivity index (χ4v) is 0.645. The van der Waals surface area contributed by atoms with Gasteiger partial charge in [-0.25, -0.2) is 4.98 Å². The molecular weight excluding hydrogens is 124 g/mol. The molecular formula is C8H10N2. The van der Waals surface area contributed by atoms with Crippen molar-refractivity contribution >= 4 is 6.08 Å². The molecule has 0 saturated heterocycles. The van der Waals surface area contributed by atoms with Gasteiger partial charge in [0, 0.05) is 12.4 Å². The maximum atomic E-state index is 4.01. The highest BCUT2D eigenvalue weighted by Crippen LogP contribution is 1.93. The predicted octanol–water partition coefficient (Wildman–Crippen LogP) is 2.00. The quantitative estimate of drug-likeness (QED) is 0.629. The summed E-state index contributed by atoms with van der Waals surface area (Å²) in [4.78, 5) is 6.98. The van der Waals surface area contributed by atoms with Crippen LogP contribution in [-0.4, -0.2) is 9.97 Å². The summed E-state index contributed by atoms with van der Waals surface area (Å²) >= 11 is 0. The fourth-order valence-electron chi connectivity index (χ4n) is 0.645. The van der Waals surface area contributed by atoms with Gasteiger partial charge in [0.25, 0.3) is 0 Å². The molecule has 1 aromatic heterocycles. The molecule has 1 N–H and O–H groups in total. The lowest BCUT2D eigenvalue weighted by Crippen LogP contribution is -1.71. The number of H-pyrrole nitrogens is 1. The SMILES string of the molecule is C=CCC=Cc1ncc[nH]1. The van der Waals surface area contributed by atoms with E-state index in [1.165, 1.54) is 0 Å². The van der Waals surface area contributed by atoms with E-state index in [2.05, 4.69) is 16.5 Å². The van der Waals surface area contributed by atoms with Crippen molar-refractivity contribution in [2.45, 2.75) is 6.42 Å². The van der Waals surface area contributed by atoms with Crippen LogP contribution in [0.2, 0.25) is 0 Å². The molecule has 0 saturated carbocycles. The van der Waals surface area contributed by atoms with Gasteiger partial charge >= 0.3 is 0 Å². The third kappa shape index (κ3) is 1.90. The molecule has 0 spiro atoms. The lowest BCUT2D eigenvalue weighted by molar-refractivity contribution is 1.26. The Labute approximate surface area is 60.3 Å². The van der Waals surface area contributed by atoms with E-state index in [0.717, 1.165) is 12.2 Å². The van der Waals surface area contributed by atoms with E-state index in [0.29, 0.717) is 0 Å². The number of aromatic nitrogens is 2. The zero-order chi connectivity index (χ0) is 7.23. The molecule has 0 amide bonds. The summed E-state index contributed by atoms with van der Waals surface area (Å²) in [6, 6.07) is 0. The second-order valence-electron chi connectivity index (χ2n) is 1.90. The van der Waals surface area contributed by atoms with Gasteiger partial charge in [0.15, 0.2) is 0 Å². The number of aromatic amines is 1. The molecule has 1 aromatic rings. The van der Waals surface area contributed by atoms with E-state index in [1.54, 1.807) is 12.4 Å². The third-order valence-corrected chi connectivity index (χ3v) is 1.10. The van der Waals surface area contributed by atoms with E-state index in [9.17, 15) is 0 Å². The number of rotatable bonds is 3. The van der Waals surface area contributed by atoms with Crippen LogP contribution in [0.5, 0.6) is 0 Å². The molecule has 0 bridgehead atoms. The van der Waals surface area contributed by atoms with Gasteiger partial charge in [-0.15, -0.1) is 6.58 Å². The van der Waals surface area contributed by atoms with E-state index in [-0.39, 0.29) is 0 Å². The first-order valence-electron chi connectivity index (χ1n) is 3.20. The Balaban J connectivity index is 2.47. The minimum atomic E-state index is 0.890. The topological polar surface area (TPSA) is 28.7 Å². The highest BCUT2D eigenvalue weighted by molar-refractivity contribution is 5.39. The fraction of sp³-hybridized carbons (Fsp3) is 0.125. The van der Waals surface area contributed by atoms with Crippen molar-refractivity contribution in [1.29, 1.82) is 0 Å². The smallest absolute Gasteiger partial charge is 0.129 e. The van der Waals surface area contributed by atoms with Gasteiger partial charge in [0.2, 0.25) is 0 Å². The minimum Gasteiger partial charge on any atom is -0.345 e. The molecule has 0 atom stereocenters.